The van der Waals surface area contributed by atoms with Crippen LogP contribution in [0.5, 0.6) is 5.75 Å². The zero-order valence-electron chi connectivity index (χ0n) is 16.0. The number of carbonyl (C=O) groups excluding carboxylic acids is 1. The quantitative estimate of drug-likeness (QED) is 0.538. The van der Waals surface area contributed by atoms with E-state index in [0.29, 0.717) is 27.7 Å². The van der Waals surface area contributed by atoms with E-state index in [0.717, 1.165) is 11.0 Å². The van der Waals surface area contributed by atoms with Crippen LogP contribution in [-0.4, -0.2) is 21.4 Å². The number of rotatable bonds is 7. The average molecular weight is 443 g/mol. The number of carbonyl (C=O) groups is 1. The van der Waals surface area contributed by atoms with E-state index in [4.69, 9.17) is 16.3 Å². The Morgan fingerprint density at radius 3 is 2.37 bits per heavy atom. The minimum absolute atomic E-state index is 0.338. The first-order valence-electron chi connectivity index (χ1n) is 8.87. The average Bonchev–Trinajstić information content (AvgIpc) is 2.73. The number of halogens is 1. The van der Waals surface area contributed by atoms with Crippen molar-refractivity contribution in [2.45, 2.75) is 0 Å². The molecule has 0 saturated carbocycles. The van der Waals surface area contributed by atoms with Gasteiger partial charge in [0.05, 0.1) is 18.2 Å². The lowest BCUT2D eigenvalue weighted by molar-refractivity contribution is 0.102. The molecule has 0 aliphatic heterocycles. The molecule has 0 bridgehead atoms. The van der Waals surface area contributed by atoms with Crippen molar-refractivity contribution in [1.82, 2.24) is 0 Å². The van der Waals surface area contributed by atoms with Crippen molar-refractivity contribution in [2.24, 2.45) is 0 Å². The molecule has 3 aromatic rings. The highest BCUT2D eigenvalue weighted by Gasteiger charge is 2.11. The Morgan fingerprint density at radius 1 is 1.00 bits per heavy atom. The molecule has 0 radical (unpaired) electrons. The number of nitrogens with one attached hydrogen (secondary N) is 2. The Morgan fingerprint density at radius 2 is 1.70 bits per heavy atom. The van der Waals surface area contributed by atoms with Crippen LogP contribution in [0.1, 0.15) is 15.9 Å². The predicted molar refractivity (Wildman–Crippen MR) is 120 cm³/mol. The van der Waals surface area contributed by atoms with E-state index in [1.807, 2.05) is 18.2 Å². The molecule has 8 heteroatoms. The molecule has 0 aromatic heterocycles. The van der Waals surface area contributed by atoms with Gasteiger partial charge >= 0.3 is 0 Å². The Balaban J connectivity index is 1.68. The van der Waals surface area contributed by atoms with Crippen molar-refractivity contribution < 1.29 is 17.9 Å². The predicted octanol–water partition coefficient (Wildman–Crippen LogP) is 5.01. The summed E-state index contributed by atoms with van der Waals surface area (Å²) in [5, 5.41) is 4.28. The van der Waals surface area contributed by atoms with Crippen molar-refractivity contribution in [3.05, 3.63) is 94.4 Å². The molecule has 30 heavy (non-hydrogen) atoms. The van der Waals surface area contributed by atoms with E-state index in [9.17, 15) is 13.2 Å². The number of benzene rings is 3. The van der Waals surface area contributed by atoms with Crippen molar-refractivity contribution in [3.8, 4) is 5.75 Å². The number of ether oxygens (including phenoxy) is 1. The van der Waals surface area contributed by atoms with Crippen LogP contribution < -0.4 is 14.8 Å². The molecule has 0 aliphatic rings. The first-order valence-corrected chi connectivity index (χ1v) is 10.8. The Bertz CT molecular complexity index is 1160. The molecule has 0 unspecified atom stereocenters. The molecule has 0 heterocycles. The van der Waals surface area contributed by atoms with Gasteiger partial charge in [0.2, 0.25) is 0 Å². The summed E-state index contributed by atoms with van der Waals surface area (Å²) in [6.45, 7) is 0. The maximum atomic E-state index is 12.5. The number of sulfonamides is 1. The smallest absolute Gasteiger partial charge is 0.255 e. The van der Waals surface area contributed by atoms with Crippen molar-refractivity contribution >= 4 is 45.0 Å². The van der Waals surface area contributed by atoms with Crippen LogP contribution in [0.25, 0.3) is 6.08 Å². The van der Waals surface area contributed by atoms with Crippen LogP contribution in [-0.2, 0) is 10.0 Å². The van der Waals surface area contributed by atoms with Gasteiger partial charge in [-0.1, -0.05) is 41.9 Å². The molecule has 0 saturated heterocycles. The van der Waals surface area contributed by atoms with E-state index in [1.54, 1.807) is 30.3 Å². The van der Waals surface area contributed by atoms with Gasteiger partial charge in [-0.3, -0.25) is 9.52 Å². The molecule has 0 fully saturated rings. The van der Waals surface area contributed by atoms with Gasteiger partial charge in [-0.15, -0.1) is 0 Å². The topological polar surface area (TPSA) is 84.5 Å². The zero-order chi connectivity index (χ0) is 21.6. The van der Waals surface area contributed by atoms with Crippen molar-refractivity contribution in [1.29, 1.82) is 0 Å². The van der Waals surface area contributed by atoms with Gasteiger partial charge in [-0.2, -0.15) is 0 Å². The maximum absolute atomic E-state index is 12.5. The highest BCUT2D eigenvalue weighted by molar-refractivity contribution is 7.95. The first-order chi connectivity index (χ1) is 14.4. The highest BCUT2D eigenvalue weighted by atomic mass is 35.5. The summed E-state index contributed by atoms with van der Waals surface area (Å²) in [5.41, 5.74) is 1.89. The number of methoxy groups -OCH3 is 1. The van der Waals surface area contributed by atoms with Crippen molar-refractivity contribution in [2.75, 3.05) is 17.1 Å². The third-order valence-electron chi connectivity index (χ3n) is 4.06. The standard InChI is InChI=1S/C22H19ClN2O4S/c1-29-21-12-9-18(23)15-20(21)24-22(26)17-7-10-19(11-8-17)25-30(27,28)14-13-16-5-3-2-4-6-16/h2-15,25H,1H3,(H,24,26)/b14-13+. The van der Waals surface area contributed by atoms with Crippen LogP contribution in [0.4, 0.5) is 11.4 Å². The fraction of sp³-hybridized carbons (Fsp3) is 0.0455. The SMILES string of the molecule is COc1ccc(Cl)cc1NC(=O)c1ccc(NS(=O)(=O)/C=C/c2ccccc2)cc1. The lowest BCUT2D eigenvalue weighted by atomic mass is 10.2. The monoisotopic (exact) mass is 442 g/mol. The van der Waals surface area contributed by atoms with E-state index in [-0.39, 0.29) is 5.91 Å². The van der Waals surface area contributed by atoms with Gasteiger partial charge < -0.3 is 10.1 Å². The van der Waals surface area contributed by atoms with Gasteiger partial charge in [0.15, 0.2) is 0 Å². The molecule has 154 valence electrons. The maximum Gasteiger partial charge on any atom is 0.255 e. The van der Waals surface area contributed by atoms with Crippen LogP contribution >= 0.6 is 11.6 Å². The van der Waals surface area contributed by atoms with E-state index < -0.39 is 10.0 Å². The minimum atomic E-state index is -3.69. The van der Waals surface area contributed by atoms with Gasteiger partial charge in [0.1, 0.15) is 5.75 Å². The third kappa shape index (κ3) is 5.85. The normalized spacial score (nSPS) is 11.3. The summed E-state index contributed by atoms with van der Waals surface area (Å²) in [7, 11) is -2.20. The molecule has 3 rings (SSSR count). The van der Waals surface area contributed by atoms with Gasteiger partial charge in [-0.05, 0) is 54.1 Å². The number of hydrogen-bond acceptors (Lipinski definition) is 4. The molecule has 2 N–H and O–H groups in total. The Kier molecular flexibility index (Phi) is 6.76. The first kappa shape index (κ1) is 21.4. The molecule has 1 amide bonds. The van der Waals surface area contributed by atoms with Crippen LogP contribution in [0.2, 0.25) is 5.02 Å². The summed E-state index contributed by atoms with van der Waals surface area (Å²) in [6.07, 6.45) is 1.50. The number of hydrogen-bond donors (Lipinski definition) is 2. The second-order valence-corrected chi connectivity index (χ2v) is 8.24. The Hall–Kier alpha value is -3.29. The fourth-order valence-corrected chi connectivity index (χ4v) is 3.63. The van der Waals surface area contributed by atoms with E-state index in [2.05, 4.69) is 10.0 Å². The lowest BCUT2D eigenvalue weighted by Gasteiger charge is -2.11. The molecule has 0 atom stereocenters. The van der Waals surface area contributed by atoms with Crippen LogP contribution in [0, 0.1) is 0 Å². The highest BCUT2D eigenvalue weighted by Crippen LogP contribution is 2.28. The third-order valence-corrected chi connectivity index (χ3v) is 5.31. The largest absolute Gasteiger partial charge is 0.495 e. The molecular weight excluding hydrogens is 424 g/mol. The Labute approximate surface area is 180 Å². The molecule has 6 nitrogen and oxygen atoms in total. The van der Waals surface area contributed by atoms with Gasteiger partial charge in [0.25, 0.3) is 15.9 Å². The van der Waals surface area contributed by atoms with Crippen LogP contribution in [0.3, 0.4) is 0 Å². The second-order valence-electron chi connectivity index (χ2n) is 6.24. The summed E-state index contributed by atoms with van der Waals surface area (Å²) in [6, 6.07) is 20.0. The summed E-state index contributed by atoms with van der Waals surface area (Å²) in [5.74, 6) is 0.0938. The van der Waals surface area contributed by atoms with E-state index >= 15 is 0 Å². The molecular formula is C22H19ClN2O4S. The number of amides is 1. The van der Waals surface area contributed by atoms with Crippen molar-refractivity contribution in [3.63, 3.8) is 0 Å². The summed E-state index contributed by atoms with van der Waals surface area (Å²) < 4.78 is 32.1. The zero-order valence-corrected chi connectivity index (χ0v) is 17.6. The molecule has 3 aromatic carbocycles. The molecule has 0 spiro atoms. The lowest BCUT2D eigenvalue weighted by Crippen LogP contribution is -2.13. The second kappa shape index (κ2) is 9.47. The summed E-state index contributed by atoms with van der Waals surface area (Å²) in [4.78, 5) is 12.5. The van der Waals surface area contributed by atoms with E-state index in [1.165, 1.54) is 37.5 Å². The van der Waals surface area contributed by atoms with Gasteiger partial charge in [-0.25, -0.2) is 8.42 Å². The molecule has 0 aliphatic carbocycles. The van der Waals surface area contributed by atoms with Crippen LogP contribution in [0.15, 0.2) is 78.2 Å². The minimum Gasteiger partial charge on any atom is -0.495 e. The summed E-state index contributed by atoms with van der Waals surface area (Å²) >= 11 is 5.97. The fourth-order valence-electron chi connectivity index (χ4n) is 2.59. The van der Waals surface area contributed by atoms with Gasteiger partial charge in [0, 0.05) is 16.3 Å². The number of anilines is 2.